The molecule has 0 radical (unpaired) electrons. The minimum absolute atomic E-state index is 0.0849. The maximum atomic E-state index is 5.84. The highest BCUT2D eigenvalue weighted by molar-refractivity contribution is 6.30. The highest BCUT2D eigenvalue weighted by Gasteiger charge is 2.04. The zero-order valence-corrected chi connectivity index (χ0v) is 11.9. The number of anilines is 1. The van der Waals surface area contributed by atoms with Crippen LogP contribution in [0.2, 0.25) is 5.02 Å². The molecule has 0 aliphatic carbocycles. The van der Waals surface area contributed by atoms with Crippen LogP contribution in [0.1, 0.15) is 12.5 Å². The first kappa shape index (κ1) is 13.8. The quantitative estimate of drug-likeness (QED) is 0.866. The van der Waals surface area contributed by atoms with Crippen LogP contribution in [0.3, 0.4) is 0 Å². The third-order valence-corrected chi connectivity index (χ3v) is 3.01. The van der Waals surface area contributed by atoms with E-state index in [1.807, 2.05) is 37.3 Å². The minimum Gasteiger partial charge on any atom is -0.489 e. The summed E-state index contributed by atoms with van der Waals surface area (Å²) in [6.07, 6.45) is 0.0849. The van der Waals surface area contributed by atoms with Gasteiger partial charge in [-0.1, -0.05) is 23.7 Å². The number of nitrogens with one attached hydrogen (secondary N) is 1. The number of rotatable bonds is 5. The number of hydrogen-bond donors (Lipinski definition) is 1. The molecular weight excluding hydrogens is 258 g/mol. The van der Waals surface area contributed by atoms with Crippen LogP contribution in [0, 0.1) is 6.92 Å². The highest BCUT2D eigenvalue weighted by atomic mass is 35.5. The molecule has 0 saturated heterocycles. The second-order valence-electron chi connectivity index (χ2n) is 4.63. The lowest BCUT2D eigenvalue weighted by Crippen LogP contribution is -2.22. The van der Waals surface area contributed by atoms with Crippen LogP contribution in [0.5, 0.6) is 5.75 Å². The predicted octanol–water partition coefficient (Wildman–Crippen LogP) is 4.53. The molecule has 1 atom stereocenters. The molecule has 0 bridgehead atoms. The molecule has 0 heterocycles. The van der Waals surface area contributed by atoms with E-state index in [-0.39, 0.29) is 6.10 Å². The summed E-state index contributed by atoms with van der Waals surface area (Å²) in [7, 11) is 0. The molecule has 3 heteroatoms. The van der Waals surface area contributed by atoms with Crippen molar-refractivity contribution in [1.29, 1.82) is 0 Å². The van der Waals surface area contributed by atoms with Crippen LogP contribution in [0.25, 0.3) is 0 Å². The van der Waals surface area contributed by atoms with Gasteiger partial charge in [0.15, 0.2) is 0 Å². The third-order valence-electron chi connectivity index (χ3n) is 2.76. The van der Waals surface area contributed by atoms with E-state index in [2.05, 4.69) is 30.4 Å². The Morgan fingerprint density at radius 1 is 1.16 bits per heavy atom. The Kier molecular flexibility index (Phi) is 4.69. The van der Waals surface area contributed by atoms with Crippen LogP contribution in [-0.4, -0.2) is 12.6 Å². The maximum absolute atomic E-state index is 5.84. The van der Waals surface area contributed by atoms with E-state index in [0.29, 0.717) is 0 Å². The lowest BCUT2D eigenvalue weighted by atomic mass is 10.2. The number of hydrogen-bond acceptors (Lipinski definition) is 2. The summed E-state index contributed by atoms with van der Waals surface area (Å²) in [5.41, 5.74) is 2.36. The van der Waals surface area contributed by atoms with Gasteiger partial charge in [-0.3, -0.25) is 0 Å². The SMILES string of the molecule is Cc1cccc(NCC(C)Oc2ccc(Cl)cc2)c1. The second kappa shape index (κ2) is 6.48. The van der Waals surface area contributed by atoms with E-state index in [0.717, 1.165) is 23.0 Å². The topological polar surface area (TPSA) is 21.3 Å². The van der Waals surface area contributed by atoms with Gasteiger partial charge in [0.2, 0.25) is 0 Å². The molecule has 1 unspecified atom stereocenters. The Labute approximate surface area is 119 Å². The maximum Gasteiger partial charge on any atom is 0.119 e. The van der Waals surface area contributed by atoms with Gasteiger partial charge in [0.25, 0.3) is 0 Å². The van der Waals surface area contributed by atoms with Crippen molar-refractivity contribution in [3.63, 3.8) is 0 Å². The fourth-order valence-electron chi connectivity index (χ4n) is 1.80. The molecule has 0 amide bonds. The molecule has 2 aromatic carbocycles. The van der Waals surface area contributed by atoms with E-state index in [1.54, 1.807) is 0 Å². The number of benzene rings is 2. The number of aryl methyl sites for hydroxylation is 1. The largest absolute Gasteiger partial charge is 0.489 e. The monoisotopic (exact) mass is 275 g/mol. The first-order valence-corrected chi connectivity index (χ1v) is 6.74. The Balaban J connectivity index is 1.84. The fraction of sp³-hybridized carbons (Fsp3) is 0.250. The first-order valence-electron chi connectivity index (χ1n) is 6.36. The molecule has 100 valence electrons. The highest BCUT2D eigenvalue weighted by Crippen LogP contribution is 2.17. The summed E-state index contributed by atoms with van der Waals surface area (Å²) >= 11 is 5.84. The molecule has 0 aliphatic heterocycles. The van der Waals surface area contributed by atoms with Gasteiger partial charge in [-0.2, -0.15) is 0 Å². The summed E-state index contributed by atoms with van der Waals surface area (Å²) in [6.45, 7) is 4.88. The normalized spacial score (nSPS) is 11.9. The van der Waals surface area contributed by atoms with Gasteiger partial charge in [0.05, 0.1) is 6.54 Å². The van der Waals surface area contributed by atoms with Crippen molar-refractivity contribution in [2.45, 2.75) is 20.0 Å². The van der Waals surface area contributed by atoms with E-state index in [1.165, 1.54) is 5.56 Å². The van der Waals surface area contributed by atoms with Gasteiger partial charge >= 0.3 is 0 Å². The molecule has 1 N–H and O–H groups in total. The smallest absolute Gasteiger partial charge is 0.119 e. The Hall–Kier alpha value is -1.67. The molecule has 19 heavy (non-hydrogen) atoms. The summed E-state index contributed by atoms with van der Waals surface area (Å²) in [6, 6.07) is 15.7. The molecular formula is C16H18ClNO. The minimum atomic E-state index is 0.0849. The van der Waals surface area contributed by atoms with E-state index in [4.69, 9.17) is 16.3 Å². The number of ether oxygens (including phenoxy) is 1. The lowest BCUT2D eigenvalue weighted by Gasteiger charge is -2.16. The molecule has 0 aliphatic rings. The van der Waals surface area contributed by atoms with Gasteiger partial charge in [-0.25, -0.2) is 0 Å². The van der Waals surface area contributed by atoms with E-state index < -0.39 is 0 Å². The molecule has 2 aromatic rings. The Bertz CT molecular complexity index is 525. The summed E-state index contributed by atoms with van der Waals surface area (Å²) in [5, 5.41) is 4.09. The average Bonchev–Trinajstić information content (AvgIpc) is 2.39. The zero-order chi connectivity index (χ0) is 13.7. The predicted molar refractivity (Wildman–Crippen MR) is 81.2 cm³/mol. The van der Waals surface area contributed by atoms with Crippen LogP contribution >= 0.6 is 11.6 Å². The van der Waals surface area contributed by atoms with Gasteiger partial charge < -0.3 is 10.1 Å². The van der Waals surface area contributed by atoms with Gasteiger partial charge in [-0.05, 0) is 55.8 Å². The fourth-order valence-corrected chi connectivity index (χ4v) is 1.93. The molecule has 0 aromatic heterocycles. The van der Waals surface area contributed by atoms with Crippen molar-refractivity contribution < 1.29 is 4.74 Å². The Morgan fingerprint density at radius 2 is 1.89 bits per heavy atom. The van der Waals surface area contributed by atoms with E-state index in [9.17, 15) is 0 Å². The molecule has 2 rings (SSSR count). The van der Waals surface area contributed by atoms with Crippen molar-refractivity contribution in [1.82, 2.24) is 0 Å². The third kappa shape index (κ3) is 4.49. The van der Waals surface area contributed by atoms with Gasteiger partial charge in [-0.15, -0.1) is 0 Å². The summed E-state index contributed by atoms with van der Waals surface area (Å²) in [4.78, 5) is 0. The molecule has 0 spiro atoms. The molecule has 0 saturated carbocycles. The standard InChI is InChI=1S/C16H18ClNO/c1-12-4-3-5-15(10-12)18-11-13(2)19-16-8-6-14(17)7-9-16/h3-10,13,18H,11H2,1-2H3. The van der Waals surface area contributed by atoms with E-state index >= 15 is 0 Å². The van der Waals surface area contributed by atoms with Gasteiger partial charge in [0.1, 0.15) is 11.9 Å². The van der Waals surface area contributed by atoms with Crippen molar-refractivity contribution >= 4 is 17.3 Å². The van der Waals surface area contributed by atoms with Crippen LogP contribution in [0.15, 0.2) is 48.5 Å². The summed E-state index contributed by atoms with van der Waals surface area (Å²) < 4.78 is 5.80. The van der Waals surface area contributed by atoms with Crippen LogP contribution in [-0.2, 0) is 0 Å². The van der Waals surface area contributed by atoms with Crippen molar-refractivity contribution in [2.24, 2.45) is 0 Å². The second-order valence-corrected chi connectivity index (χ2v) is 5.07. The van der Waals surface area contributed by atoms with Crippen LogP contribution in [0.4, 0.5) is 5.69 Å². The number of halogens is 1. The lowest BCUT2D eigenvalue weighted by molar-refractivity contribution is 0.235. The van der Waals surface area contributed by atoms with Crippen molar-refractivity contribution in [3.05, 3.63) is 59.1 Å². The molecule has 0 fully saturated rings. The van der Waals surface area contributed by atoms with Crippen LogP contribution < -0.4 is 10.1 Å². The molecule has 2 nitrogen and oxygen atoms in total. The average molecular weight is 276 g/mol. The zero-order valence-electron chi connectivity index (χ0n) is 11.2. The summed E-state index contributed by atoms with van der Waals surface area (Å²) in [5.74, 6) is 0.836. The van der Waals surface area contributed by atoms with Crippen molar-refractivity contribution in [3.8, 4) is 5.75 Å². The Morgan fingerprint density at radius 3 is 2.58 bits per heavy atom. The van der Waals surface area contributed by atoms with Gasteiger partial charge in [0, 0.05) is 10.7 Å². The first-order chi connectivity index (χ1) is 9.13. The van der Waals surface area contributed by atoms with Crippen molar-refractivity contribution in [2.75, 3.05) is 11.9 Å².